The zero-order chi connectivity index (χ0) is 29.2. The summed E-state index contributed by atoms with van der Waals surface area (Å²) in [6.07, 6.45) is 0.993. The van der Waals surface area contributed by atoms with Crippen LogP contribution in [0.25, 0.3) is 5.69 Å². The highest BCUT2D eigenvalue weighted by Crippen LogP contribution is 2.41. The number of aryl methyl sites for hydroxylation is 1. The van der Waals surface area contributed by atoms with Crippen LogP contribution in [-0.2, 0) is 14.9 Å². The number of ether oxygens (including phenoxy) is 3. The molecule has 1 fully saturated rings. The molecule has 1 aromatic heterocycles. The van der Waals surface area contributed by atoms with Gasteiger partial charge in [0, 0.05) is 12.1 Å². The molecule has 40 heavy (non-hydrogen) atoms. The number of amides is 2. The third kappa shape index (κ3) is 6.68. The highest BCUT2D eigenvalue weighted by Gasteiger charge is 2.28. The van der Waals surface area contributed by atoms with E-state index in [1.807, 2.05) is 45.9 Å². The van der Waals surface area contributed by atoms with Gasteiger partial charge in [0.2, 0.25) is 0 Å². The fourth-order valence-electron chi connectivity index (χ4n) is 4.23. The Labute approximate surface area is 235 Å². The Morgan fingerprint density at radius 1 is 1.05 bits per heavy atom. The maximum Gasteiger partial charge on any atom is 0.273 e. The van der Waals surface area contributed by atoms with Gasteiger partial charge in [-0.15, -0.1) is 5.10 Å². The molecule has 0 radical (unpaired) electrons. The highest BCUT2D eigenvalue weighted by molar-refractivity contribution is 6.05. The predicted molar refractivity (Wildman–Crippen MR) is 152 cm³/mol. The SMILES string of the molecule is COc1c(NC(=O)c2ccc(C)c(-n3cc(C(=O)NCC(C)(C)C)nn3)c2)cc(C(C)(C)C)cc1C1OCCO1. The van der Waals surface area contributed by atoms with Crippen LogP contribution in [0.2, 0.25) is 0 Å². The number of aromatic nitrogens is 3. The van der Waals surface area contributed by atoms with E-state index in [1.165, 1.54) is 4.68 Å². The summed E-state index contributed by atoms with van der Waals surface area (Å²) in [4.78, 5) is 26.1. The van der Waals surface area contributed by atoms with Crippen molar-refractivity contribution in [1.29, 1.82) is 0 Å². The molecule has 1 aliphatic heterocycles. The van der Waals surface area contributed by atoms with E-state index in [0.717, 1.165) is 16.7 Å². The van der Waals surface area contributed by atoms with Gasteiger partial charge in [0.1, 0.15) is 0 Å². The lowest BCUT2D eigenvalue weighted by molar-refractivity contribution is -0.0455. The number of carbonyl (C=O) groups is 2. The molecule has 2 heterocycles. The van der Waals surface area contributed by atoms with Crippen LogP contribution in [0, 0.1) is 12.3 Å². The lowest BCUT2D eigenvalue weighted by Crippen LogP contribution is -2.32. The number of hydrogen-bond acceptors (Lipinski definition) is 7. The summed E-state index contributed by atoms with van der Waals surface area (Å²) < 4.78 is 18.8. The molecule has 214 valence electrons. The van der Waals surface area contributed by atoms with Gasteiger partial charge in [0.05, 0.1) is 43.5 Å². The average Bonchev–Trinajstić information content (AvgIpc) is 3.59. The van der Waals surface area contributed by atoms with Crippen LogP contribution in [0.4, 0.5) is 5.69 Å². The molecule has 0 saturated carbocycles. The second-order valence-corrected chi connectivity index (χ2v) is 12.2. The Morgan fingerprint density at radius 2 is 1.75 bits per heavy atom. The minimum Gasteiger partial charge on any atom is -0.494 e. The fourth-order valence-corrected chi connectivity index (χ4v) is 4.23. The van der Waals surface area contributed by atoms with E-state index in [0.29, 0.717) is 42.4 Å². The van der Waals surface area contributed by atoms with Gasteiger partial charge >= 0.3 is 0 Å². The van der Waals surface area contributed by atoms with Crippen LogP contribution in [0.3, 0.4) is 0 Å². The monoisotopic (exact) mass is 549 g/mol. The van der Waals surface area contributed by atoms with Crippen molar-refractivity contribution in [1.82, 2.24) is 20.3 Å². The van der Waals surface area contributed by atoms with Crippen molar-refractivity contribution >= 4 is 17.5 Å². The standard InChI is InChI=1S/C30H39N5O5/c1-18-9-10-19(13-24(18)35-16-23(33-34-35)27(37)31-17-29(2,3)4)26(36)32-22-15-20(30(5,6)7)14-21(25(22)38-8)28-39-11-12-40-28/h9-10,13-16,28H,11-12,17H2,1-8H3,(H,31,37)(H,32,36). The summed E-state index contributed by atoms with van der Waals surface area (Å²) in [7, 11) is 1.56. The van der Waals surface area contributed by atoms with E-state index in [-0.39, 0.29) is 28.3 Å². The second kappa shape index (κ2) is 11.4. The Hall–Kier alpha value is -3.76. The molecule has 2 N–H and O–H groups in total. The van der Waals surface area contributed by atoms with E-state index < -0.39 is 6.29 Å². The van der Waals surface area contributed by atoms with Crippen LogP contribution in [0.1, 0.15) is 85.4 Å². The van der Waals surface area contributed by atoms with E-state index in [1.54, 1.807) is 25.4 Å². The lowest BCUT2D eigenvalue weighted by Gasteiger charge is -2.25. The molecule has 2 aromatic carbocycles. The van der Waals surface area contributed by atoms with Crippen LogP contribution in [-0.4, -0.2) is 53.7 Å². The van der Waals surface area contributed by atoms with Crippen LogP contribution < -0.4 is 15.4 Å². The Bertz CT molecular complexity index is 1390. The summed E-state index contributed by atoms with van der Waals surface area (Å²) >= 11 is 0. The summed E-state index contributed by atoms with van der Waals surface area (Å²) in [5, 5.41) is 14.1. The molecule has 4 rings (SSSR count). The molecular formula is C30H39N5O5. The van der Waals surface area contributed by atoms with E-state index in [2.05, 4.69) is 41.7 Å². The molecule has 0 spiro atoms. The molecule has 10 nitrogen and oxygen atoms in total. The number of nitrogens with one attached hydrogen (secondary N) is 2. The third-order valence-electron chi connectivity index (χ3n) is 6.54. The maximum absolute atomic E-state index is 13.5. The van der Waals surface area contributed by atoms with Crippen LogP contribution in [0.5, 0.6) is 5.75 Å². The van der Waals surface area contributed by atoms with Gasteiger partial charge in [0.15, 0.2) is 17.7 Å². The van der Waals surface area contributed by atoms with Gasteiger partial charge in [-0.2, -0.15) is 0 Å². The minimum atomic E-state index is -0.569. The van der Waals surface area contributed by atoms with E-state index >= 15 is 0 Å². The van der Waals surface area contributed by atoms with E-state index in [9.17, 15) is 9.59 Å². The Balaban J connectivity index is 1.63. The highest BCUT2D eigenvalue weighted by atomic mass is 16.7. The predicted octanol–water partition coefficient (Wildman–Crippen LogP) is 4.96. The smallest absolute Gasteiger partial charge is 0.273 e. The molecule has 0 unspecified atom stereocenters. The Morgan fingerprint density at radius 3 is 2.38 bits per heavy atom. The summed E-state index contributed by atoms with van der Waals surface area (Å²) in [6.45, 7) is 15.8. The molecule has 0 bridgehead atoms. The quantitative estimate of drug-likeness (QED) is 0.428. The van der Waals surface area contributed by atoms with Crippen molar-refractivity contribution < 1.29 is 23.8 Å². The van der Waals surface area contributed by atoms with Gasteiger partial charge in [-0.1, -0.05) is 52.8 Å². The van der Waals surface area contributed by atoms with Crippen molar-refractivity contribution in [2.45, 2.75) is 60.2 Å². The average molecular weight is 550 g/mol. The zero-order valence-corrected chi connectivity index (χ0v) is 24.5. The molecule has 0 atom stereocenters. The molecule has 0 aliphatic carbocycles. The van der Waals surface area contributed by atoms with Crippen LogP contribution >= 0.6 is 0 Å². The molecule has 1 saturated heterocycles. The van der Waals surface area contributed by atoms with Gasteiger partial charge in [0.25, 0.3) is 11.8 Å². The molecule has 10 heteroatoms. The molecule has 2 amide bonds. The maximum atomic E-state index is 13.5. The Kier molecular flexibility index (Phi) is 8.32. The zero-order valence-electron chi connectivity index (χ0n) is 24.5. The third-order valence-corrected chi connectivity index (χ3v) is 6.54. The topological polar surface area (TPSA) is 117 Å². The second-order valence-electron chi connectivity index (χ2n) is 12.2. The molecular weight excluding hydrogens is 510 g/mol. The first kappa shape index (κ1) is 29.2. The van der Waals surface area contributed by atoms with Crippen LogP contribution in [0.15, 0.2) is 36.5 Å². The number of methoxy groups -OCH3 is 1. The van der Waals surface area contributed by atoms with Gasteiger partial charge < -0.3 is 24.8 Å². The molecule has 3 aromatic rings. The lowest BCUT2D eigenvalue weighted by atomic mass is 9.85. The van der Waals surface area contributed by atoms with Gasteiger partial charge in [-0.25, -0.2) is 4.68 Å². The summed E-state index contributed by atoms with van der Waals surface area (Å²) in [6, 6.07) is 9.23. The van der Waals surface area contributed by atoms with Gasteiger partial charge in [-0.05, 0) is 53.1 Å². The van der Waals surface area contributed by atoms with Crippen molar-refractivity contribution in [3.05, 3.63) is 64.5 Å². The fraction of sp³-hybridized carbons (Fsp3) is 0.467. The van der Waals surface area contributed by atoms with E-state index in [4.69, 9.17) is 14.2 Å². The first-order valence-electron chi connectivity index (χ1n) is 13.4. The number of anilines is 1. The summed E-state index contributed by atoms with van der Waals surface area (Å²) in [5.74, 6) is -0.138. The number of benzene rings is 2. The first-order chi connectivity index (χ1) is 18.8. The largest absolute Gasteiger partial charge is 0.494 e. The number of rotatable bonds is 7. The summed E-state index contributed by atoms with van der Waals surface area (Å²) in [5.41, 5.74) is 4.12. The van der Waals surface area contributed by atoms with Crippen molar-refractivity contribution in [2.24, 2.45) is 5.41 Å². The van der Waals surface area contributed by atoms with Crippen molar-refractivity contribution in [2.75, 3.05) is 32.2 Å². The number of carbonyl (C=O) groups excluding carboxylic acids is 2. The van der Waals surface area contributed by atoms with Gasteiger partial charge in [-0.3, -0.25) is 9.59 Å². The van der Waals surface area contributed by atoms with Crippen molar-refractivity contribution in [3.63, 3.8) is 0 Å². The molecule has 1 aliphatic rings. The van der Waals surface area contributed by atoms with Crippen molar-refractivity contribution in [3.8, 4) is 11.4 Å². The minimum absolute atomic E-state index is 0.0586. The first-order valence-corrected chi connectivity index (χ1v) is 13.4. The normalized spacial score (nSPS) is 14.3. The number of hydrogen-bond donors (Lipinski definition) is 2. The number of nitrogens with zero attached hydrogens (tertiary/aromatic N) is 3.